The summed E-state index contributed by atoms with van der Waals surface area (Å²) in [6.45, 7) is 5.24. The minimum Gasteiger partial charge on any atom is -0.481 e. The zero-order valence-corrected chi connectivity index (χ0v) is 10.9. The third-order valence-electron chi connectivity index (χ3n) is 3.01. The summed E-state index contributed by atoms with van der Waals surface area (Å²) in [6.07, 6.45) is 2.11. The van der Waals surface area contributed by atoms with E-state index in [2.05, 4.69) is 10.2 Å². The first-order valence-corrected chi connectivity index (χ1v) is 6.38. The number of aliphatic carboxylic acids is 1. The van der Waals surface area contributed by atoms with E-state index in [1.165, 1.54) is 6.92 Å². The first-order chi connectivity index (χ1) is 8.58. The average molecular weight is 258 g/mol. The molecule has 0 spiro atoms. The highest BCUT2D eigenvalue weighted by molar-refractivity contribution is 5.72. The fourth-order valence-electron chi connectivity index (χ4n) is 2.00. The quantitative estimate of drug-likeness (QED) is 0.676. The van der Waals surface area contributed by atoms with Crippen molar-refractivity contribution in [2.45, 2.75) is 32.3 Å². The highest BCUT2D eigenvalue weighted by Gasteiger charge is 2.19. The van der Waals surface area contributed by atoms with Crippen molar-refractivity contribution in [1.29, 1.82) is 0 Å². The van der Waals surface area contributed by atoms with E-state index < -0.39 is 5.97 Å². The molecule has 1 heterocycles. The average Bonchev–Trinajstić information content (AvgIpc) is 2.30. The largest absolute Gasteiger partial charge is 0.481 e. The zero-order valence-electron chi connectivity index (χ0n) is 10.9. The van der Waals surface area contributed by atoms with Crippen molar-refractivity contribution < 1.29 is 19.4 Å². The number of piperidine rings is 1. The lowest BCUT2D eigenvalue weighted by molar-refractivity contribution is -0.139. The number of carboxylic acids is 1. The van der Waals surface area contributed by atoms with Crippen molar-refractivity contribution in [2.75, 3.05) is 32.8 Å². The number of amides is 1. The number of carbonyl (C=O) groups is 2. The summed E-state index contributed by atoms with van der Waals surface area (Å²) in [6, 6.07) is 0. The summed E-state index contributed by atoms with van der Waals surface area (Å²) in [5.41, 5.74) is 0. The topological polar surface area (TPSA) is 78.9 Å². The normalized spacial score (nSPS) is 17.6. The van der Waals surface area contributed by atoms with Crippen LogP contribution in [0.4, 0.5) is 0 Å². The maximum Gasteiger partial charge on any atom is 0.305 e. The van der Waals surface area contributed by atoms with E-state index in [0.717, 1.165) is 32.5 Å². The summed E-state index contributed by atoms with van der Waals surface area (Å²) in [5.74, 6) is -0.815. The molecule has 1 saturated heterocycles. The molecule has 1 amide bonds. The van der Waals surface area contributed by atoms with Crippen molar-refractivity contribution in [3.8, 4) is 0 Å². The molecule has 0 bridgehead atoms. The van der Waals surface area contributed by atoms with Gasteiger partial charge >= 0.3 is 5.97 Å². The highest BCUT2D eigenvalue weighted by atomic mass is 16.5. The molecule has 0 aromatic rings. The molecule has 1 rings (SSSR count). The summed E-state index contributed by atoms with van der Waals surface area (Å²) < 4.78 is 5.51. The Morgan fingerprint density at radius 3 is 2.61 bits per heavy atom. The SMILES string of the molecule is CC(=O)NCCN1CCC(OCCC(=O)O)CC1. The van der Waals surface area contributed by atoms with Gasteiger partial charge in [-0.3, -0.25) is 9.59 Å². The minimum atomic E-state index is -0.817. The number of nitrogens with zero attached hydrogens (tertiary/aromatic N) is 1. The summed E-state index contributed by atoms with van der Waals surface area (Å²) >= 11 is 0. The molecule has 0 atom stereocenters. The van der Waals surface area contributed by atoms with E-state index in [1.807, 2.05) is 0 Å². The molecule has 0 radical (unpaired) electrons. The monoisotopic (exact) mass is 258 g/mol. The van der Waals surface area contributed by atoms with Crippen molar-refractivity contribution in [3.05, 3.63) is 0 Å². The van der Waals surface area contributed by atoms with Crippen LogP contribution in [0.1, 0.15) is 26.2 Å². The van der Waals surface area contributed by atoms with Gasteiger partial charge in [0.1, 0.15) is 0 Å². The van der Waals surface area contributed by atoms with Gasteiger partial charge in [0, 0.05) is 33.1 Å². The van der Waals surface area contributed by atoms with E-state index in [1.54, 1.807) is 0 Å². The van der Waals surface area contributed by atoms with E-state index in [-0.39, 0.29) is 18.4 Å². The van der Waals surface area contributed by atoms with Crippen molar-refractivity contribution >= 4 is 11.9 Å². The van der Waals surface area contributed by atoms with Crippen LogP contribution in [-0.4, -0.2) is 60.8 Å². The maximum atomic E-state index is 10.7. The molecule has 1 aliphatic rings. The minimum absolute atomic E-state index is 0.00175. The molecule has 6 heteroatoms. The molecule has 1 fully saturated rings. The van der Waals surface area contributed by atoms with Gasteiger partial charge < -0.3 is 20.1 Å². The Hall–Kier alpha value is -1.14. The number of carboxylic acid groups (broad SMARTS) is 1. The summed E-state index contributed by atoms with van der Waals surface area (Å²) in [7, 11) is 0. The van der Waals surface area contributed by atoms with Gasteiger partial charge in [-0.2, -0.15) is 0 Å². The van der Waals surface area contributed by atoms with Gasteiger partial charge in [0.2, 0.25) is 5.91 Å². The van der Waals surface area contributed by atoms with Crippen LogP contribution in [0, 0.1) is 0 Å². The first-order valence-electron chi connectivity index (χ1n) is 6.38. The Labute approximate surface area is 107 Å². The van der Waals surface area contributed by atoms with Crippen LogP contribution in [0.5, 0.6) is 0 Å². The zero-order chi connectivity index (χ0) is 13.4. The van der Waals surface area contributed by atoms with Crippen LogP contribution in [0.3, 0.4) is 0 Å². The Bertz CT molecular complexity index is 247. The van der Waals surface area contributed by atoms with E-state index >= 15 is 0 Å². The molecular formula is C12H22N2O4. The number of hydrogen-bond donors (Lipinski definition) is 2. The first kappa shape index (κ1) is 14.9. The van der Waals surface area contributed by atoms with Gasteiger partial charge in [-0.25, -0.2) is 0 Å². The van der Waals surface area contributed by atoms with Gasteiger partial charge in [-0.05, 0) is 12.8 Å². The van der Waals surface area contributed by atoms with Crippen molar-refractivity contribution in [2.24, 2.45) is 0 Å². The molecule has 0 aromatic heterocycles. The van der Waals surface area contributed by atoms with Gasteiger partial charge in [-0.1, -0.05) is 0 Å². The van der Waals surface area contributed by atoms with Crippen LogP contribution in [0.25, 0.3) is 0 Å². The molecular weight excluding hydrogens is 236 g/mol. The second-order valence-corrected chi connectivity index (χ2v) is 4.54. The van der Waals surface area contributed by atoms with Gasteiger partial charge in [-0.15, -0.1) is 0 Å². The van der Waals surface area contributed by atoms with E-state index in [9.17, 15) is 9.59 Å². The highest BCUT2D eigenvalue weighted by Crippen LogP contribution is 2.13. The summed E-state index contributed by atoms with van der Waals surface area (Å²) in [5, 5.41) is 11.3. The number of carbonyl (C=O) groups excluding carboxylic acids is 1. The Kier molecular flexibility index (Phi) is 6.67. The lowest BCUT2D eigenvalue weighted by atomic mass is 10.1. The van der Waals surface area contributed by atoms with Gasteiger partial charge in [0.05, 0.1) is 19.1 Å². The molecule has 6 nitrogen and oxygen atoms in total. The lowest BCUT2D eigenvalue weighted by Gasteiger charge is -2.31. The number of hydrogen-bond acceptors (Lipinski definition) is 4. The molecule has 18 heavy (non-hydrogen) atoms. The molecule has 1 aliphatic heterocycles. The lowest BCUT2D eigenvalue weighted by Crippen LogP contribution is -2.41. The molecule has 0 aromatic carbocycles. The van der Waals surface area contributed by atoms with Crippen molar-refractivity contribution in [1.82, 2.24) is 10.2 Å². The number of likely N-dealkylation sites (tertiary alicyclic amines) is 1. The maximum absolute atomic E-state index is 10.7. The number of nitrogens with one attached hydrogen (secondary N) is 1. The molecule has 104 valence electrons. The Balaban J connectivity index is 2.05. The van der Waals surface area contributed by atoms with Crippen LogP contribution < -0.4 is 5.32 Å². The number of rotatable bonds is 7. The Morgan fingerprint density at radius 1 is 1.39 bits per heavy atom. The fraction of sp³-hybridized carbons (Fsp3) is 0.833. The molecule has 0 aliphatic carbocycles. The Morgan fingerprint density at radius 2 is 2.06 bits per heavy atom. The van der Waals surface area contributed by atoms with Gasteiger partial charge in [0.15, 0.2) is 0 Å². The van der Waals surface area contributed by atoms with E-state index in [4.69, 9.17) is 9.84 Å². The third-order valence-corrected chi connectivity index (χ3v) is 3.01. The van der Waals surface area contributed by atoms with Crippen molar-refractivity contribution in [3.63, 3.8) is 0 Å². The second-order valence-electron chi connectivity index (χ2n) is 4.54. The standard InChI is InChI=1S/C12H22N2O4/c1-10(15)13-5-8-14-6-2-11(3-7-14)18-9-4-12(16)17/h11H,2-9H2,1H3,(H,13,15)(H,16,17). The van der Waals surface area contributed by atoms with Crippen LogP contribution >= 0.6 is 0 Å². The van der Waals surface area contributed by atoms with Crippen LogP contribution in [-0.2, 0) is 14.3 Å². The number of ether oxygens (including phenoxy) is 1. The second kappa shape index (κ2) is 8.05. The molecule has 0 unspecified atom stereocenters. The predicted octanol–water partition coefficient (Wildman–Crippen LogP) is 0.0782. The molecule has 2 N–H and O–H groups in total. The van der Waals surface area contributed by atoms with Gasteiger partial charge in [0.25, 0.3) is 0 Å². The van der Waals surface area contributed by atoms with E-state index in [0.29, 0.717) is 13.2 Å². The predicted molar refractivity (Wildman–Crippen MR) is 66.4 cm³/mol. The summed E-state index contributed by atoms with van der Waals surface area (Å²) in [4.78, 5) is 23.3. The smallest absolute Gasteiger partial charge is 0.305 e. The molecule has 0 saturated carbocycles. The van der Waals surface area contributed by atoms with Crippen LogP contribution in [0.2, 0.25) is 0 Å². The fourth-order valence-corrected chi connectivity index (χ4v) is 2.00. The third kappa shape index (κ3) is 6.56. The van der Waals surface area contributed by atoms with Crippen LogP contribution in [0.15, 0.2) is 0 Å².